The zero-order valence-electron chi connectivity index (χ0n) is 6.89. The molecule has 62 valence electrons. The van der Waals surface area contributed by atoms with Crippen LogP contribution in [-0.4, -0.2) is 4.98 Å². The summed E-state index contributed by atoms with van der Waals surface area (Å²) in [6.45, 7) is 4.04. The van der Waals surface area contributed by atoms with Crippen molar-refractivity contribution in [2.24, 2.45) is 0 Å². The maximum Gasteiger partial charge on any atom is 0.142 e. The predicted octanol–water partition coefficient (Wildman–Crippen LogP) is 3.05. The highest BCUT2D eigenvalue weighted by atomic mass is 32.1. The van der Waals surface area contributed by atoms with Gasteiger partial charge >= 0.3 is 0 Å². The van der Waals surface area contributed by atoms with E-state index in [0.29, 0.717) is 0 Å². The number of halogens is 1. The SMILES string of the molecule is Cc1sc2cc(F)cnc2c1C. The Morgan fingerprint density at radius 3 is 2.92 bits per heavy atom. The summed E-state index contributed by atoms with van der Waals surface area (Å²) in [6.07, 6.45) is 1.27. The van der Waals surface area contributed by atoms with Gasteiger partial charge in [0.05, 0.1) is 16.4 Å². The molecule has 0 aliphatic heterocycles. The number of nitrogens with zero attached hydrogens (tertiary/aromatic N) is 1. The van der Waals surface area contributed by atoms with Crippen LogP contribution in [0.5, 0.6) is 0 Å². The van der Waals surface area contributed by atoms with Gasteiger partial charge in [0.1, 0.15) is 5.82 Å². The fourth-order valence-electron chi connectivity index (χ4n) is 1.19. The summed E-state index contributed by atoms with van der Waals surface area (Å²) in [5.41, 5.74) is 2.09. The molecular weight excluding hydrogens is 173 g/mol. The molecule has 2 aromatic rings. The third kappa shape index (κ3) is 1.01. The van der Waals surface area contributed by atoms with Gasteiger partial charge in [0, 0.05) is 4.88 Å². The van der Waals surface area contributed by atoms with Crippen LogP contribution in [0.25, 0.3) is 10.2 Å². The Labute approximate surface area is 73.9 Å². The third-order valence-corrected chi connectivity index (χ3v) is 3.11. The zero-order chi connectivity index (χ0) is 8.72. The van der Waals surface area contributed by atoms with Gasteiger partial charge in [-0.05, 0) is 25.5 Å². The minimum absolute atomic E-state index is 0.260. The lowest BCUT2D eigenvalue weighted by molar-refractivity contribution is 0.624. The second-order valence-corrected chi connectivity index (χ2v) is 4.04. The average Bonchev–Trinajstić information content (AvgIpc) is 2.28. The van der Waals surface area contributed by atoms with Crippen molar-refractivity contribution in [2.75, 3.05) is 0 Å². The first kappa shape index (κ1) is 7.68. The first-order valence-electron chi connectivity index (χ1n) is 3.70. The largest absolute Gasteiger partial charge is 0.252 e. The molecule has 1 nitrogen and oxygen atoms in total. The van der Waals surface area contributed by atoms with E-state index in [1.807, 2.05) is 13.8 Å². The summed E-state index contributed by atoms with van der Waals surface area (Å²) in [4.78, 5) is 5.25. The number of hydrogen-bond acceptors (Lipinski definition) is 2. The Morgan fingerprint density at radius 1 is 1.42 bits per heavy atom. The molecule has 0 spiro atoms. The van der Waals surface area contributed by atoms with Crippen molar-refractivity contribution in [1.82, 2.24) is 4.98 Å². The molecular formula is C9H8FNS. The molecule has 12 heavy (non-hydrogen) atoms. The first-order chi connectivity index (χ1) is 5.68. The lowest BCUT2D eigenvalue weighted by Gasteiger charge is -1.89. The van der Waals surface area contributed by atoms with E-state index in [1.54, 1.807) is 11.3 Å². The van der Waals surface area contributed by atoms with Crippen molar-refractivity contribution >= 4 is 21.6 Å². The smallest absolute Gasteiger partial charge is 0.142 e. The van der Waals surface area contributed by atoms with Gasteiger partial charge in [0.25, 0.3) is 0 Å². The van der Waals surface area contributed by atoms with E-state index in [-0.39, 0.29) is 5.82 Å². The molecule has 0 N–H and O–H groups in total. The standard InChI is InChI=1S/C9H8FNS/c1-5-6(2)12-8-3-7(10)4-11-9(5)8/h3-4H,1-2H3. The van der Waals surface area contributed by atoms with E-state index in [4.69, 9.17) is 0 Å². The maximum absolute atomic E-state index is 12.7. The quantitative estimate of drug-likeness (QED) is 0.608. The summed E-state index contributed by atoms with van der Waals surface area (Å²) in [7, 11) is 0. The first-order valence-corrected chi connectivity index (χ1v) is 4.51. The fraction of sp³-hybridized carbons (Fsp3) is 0.222. The fourth-order valence-corrected chi connectivity index (χ4v) is 2.24. The zero-order valence-corrected chi connectivity index (χ0v) is 7.70. The molecule has 0 amide bonds. The Kier molecular flexibility index (Phi) is 1.61. The van der Waals surface area contributed by atoms with Crippen LogP contribution in [0.1, 0.15) is 10.4 Å². The lowest BCUT2D eigenvalue weighted by Crippen LogP contribution is -1.78. The molecule has 2 heterocycles. The number of pyridine rings is 1. The number of thiophene rings is 1. The highest BCUT2D eigenvalue weighted by Gasteiger charge is 2.06. The number of hydrogen-bond donors (Lipinski definition) is 0. The molecule has 3 heteroatoms. The molecule has 0 saturated heterocycles. The predicted molar refractivity (Wildman–Crippen MR) is 49.1 cm³/mol. The molecule has 2 aromatic heterocycles. The topological polar surface area (TPSA) is 12.9 Å². The van der Waals surface area contributed by atoms with Crippen molar-refractivity contribution in [1.29, 1.82) is 0 Å². The highest BCUT2D eigenvalue weighted by Crippen LogP contribution is 2.28. The molecule has 0 saturated carbocycles. The summed E-state index contributed by atoms with van der Waals surface area (Å²) < 4.78 is 13.7. The maximum atomic E-state index is 12.7. The normalized spacial score (nSPS) is 10.9. The van der Waals surface area contributed by atoms with Crippen molar-refractivity contribution in [2.45, 2.75) is 13.8 Å². The molecule has 0 aliphatic rings. The van der Waals surface area contributed by atoms with Gasteiger partial charge in [-0.25, -0.2) is 4.39 Å². The van der Waals surface area contributed by atoms with Crippen molar-refractivity contribution in [3.8, 4) is 0 Å². The summed E-state index contributed by atoms with van der Waals surface area (Å²) >= 11 is 1.59. The average molecular weight is 181 g/mol. The molecule has 0 atom stereocenters. The second-order valence-electron chi connectivity index (χ2n) is 2.78. The van der Waals surface area contributed by atoms with Crippen molar-refractivity contribution < 1.29 is 4.39 Å². The van der Waals surface area contributed by atoms with E-state index in [0.717, 1.165) is 15.8 Å². The minimum atomic E-state index is -0.260. The monoisotopic (exact) mass is 181 g/mol. The Hall–Kier alpha value is -0.960. The van der Waals surface area contributed by atoms with Crippen LogP contribution in [0, 0.1) is 19.7 Å². The van der Waals surface area contributed by atoms with Crippen LogP contribution in [-0.2, 0) is 0 Å². The van der Waals surface area contributed by atoms with Gasteiger partial charge in [-0.1, -0.05) is 0 Å². The van der Waals surface area contributed by atoms with Crippen LogP contribution >= 0.6 is 11.3 Å². The second kappa shape index (κ2) is 2.52. The van der Waals surface area contributed by atoms with Gasteiger partial charge in [-0.3, -0.25) is 4.98 Å². The highest BCUT2D eigenvalue weighted by molar-refractivity contribution is 7.19. The van der Waals surface area contributed by atoms with Crippen molar-refractivity contribution in [3.05, 3.63) is 28.5 Å². The molecule has 0 radical (unpaired) electrons. The Balaban J connectivity index is 2.87. The van der Waals surface area contributed by atoms with E-state index in [2.05, 4.69) is 4.98 Å². The van der Waals surface area contributed by atoms with E-state index in [9.17, 15) is 4.39 Å². The van der Waals surface area contributed by atoms with Gasteiger partial charge in [-0.2, -0.15) is 0 Å². The molecule has 0 unspecified atom stereocenters. The van der Waals surface area contributed by atoms with Gasteiger partial charge in [-0.15, -0.1) is 11.3 Å². The summed E-state index contributed by atoms with van der Waals surface area (Å²) in [5, 5.41) is 0. The lowest BCUT2D eigenvalue weighted by atomic mass is 10.2. The number of aryl methyl sites for hydroxylation is 2. The van der Waals surface area contributed by atoms with Crippen LogP contribution in [0.2, 0.25) is 0 Å². The number of aromatic nitrogens is 1. The Bertz CT molecular complexity index is 433. The number of rotatable bonds is 0. The molecule has 0 aliphatic carbocycles. The molecule has 2 rings (SSSR count). The Morgan fingerprint density at radius 2 is 2.17 bits per heavy atom. The van der Waals surface area contributed by atoms with Crippen LogP contribution < -0.4 is 0 Å². The van der Waals surface area contributed by atoms with E-state index >= 15 is 0 Å². The molecule has 0 bridgehead atoms. The van der Waals surface area contributed by atoms with Gasteiger partial charge in [0.2, 0.25) is 0 Å². The summed E-state index contributed by atoms with van der Waals surface area (Å²) in [6, 6.07) is 1.53. The van der Waals surface area contributed by atoms with Crippen LogP contribution in [0.3, 0.4) is 0 Å². The van der Waals surface area contributed by atoms with E-state index in [1.165, 1.54) is 17.1 Å². The number of fused-ring (bicyclic) bond motifs is 1. The van der Waals surface area contributed by atoms with E-state index < -0.39 is 0 Å². The van der Waals surface area contributed by atoms with Crippen molar-refractivity contribution in [3.63, 3.8) is 0 Å². The van der Waals surface area contributed by atoms with Crippen LogP contribution in [0.4, 0.5) is 4.39 Å². The minimum Gasteiger partial charge on any atom is -0.252 e. The molecule has 0 aromatic carbocycles. The van der Waals surface area contributed by atoms with Gasteiger partial charge < -0.3 is 0 Å². The molecule has 0 fully saturated rings. The summed E-state index contributed by atoms with van der Waals surface area (Å²) in [5.74, 6) is -0.260. The third-order valence-electron chi connectivity index (χ3n) is 1.97. The van der Waals surface area contributed by atoms with Crippen LogP contribution in [0.15, 0.2) is 12.3 Å². The van der Waals surface area contributed by atoms with Gasteiger partial charge in [0.15, 0.2) is 0 Å².